The first-order chi connectivity index (χ1) is 12.8. The van der Waals surface area contributed by atoms with Crippen LogP contribution in [0.3, 0.4) is 0 Å². The number of phenols is 1. The van der Waals surface area contributed by atoms with Crippen molar-refractivity contribution >= 4 is 72.8 Å². The van der Waals surface area contributed by atoms with E-state index in [1.54, 1.807) is 43.5 Å². The highest BCUT2D eigenvalue weighted by Gasteiger charge is 2.34. The second-order valence-corrected chi connectivity index (χ2v) is 7.58. The minimum Gasteiger partial charge on any atom is -0.506 e. The van der Waals surface area contributed by atoms with Gasteiger partial charge in [-0.3, -0.25) is 19.8 Å². The van der Waals surface area contributed by atoms with E-state index in [0.29, 0.717) is 25.9 Å². The summed E-state index contributed by atoms with van der Waals surface area (Å²) in [6.45, 7) is 0. The Labute approximate surface area is 177 Å². The van der Waals surface area contributed by atoms with Gasteiger partial charge in [-0.15, -0.1) is 0 Å². The number of hydrogen-bond donors (Lipinski definition) is 2. The number of nitrogens with zero attached hydrogens (tertiary/aromatic N) is 1. The summed E-state index contributed by atoms with van der Waals surface area (Å²) in [5, 5.41) is 12.3. The lowest BCUT2D eigenvalue weighted by Gasteiger charge is -2.29. The van der Waals surface area contributed by atoms with Crippen molar-refractivity contribution in [2.75, 3.05) is 12.0 Å². The number of methoxy groups -OCH3 is 1. The highest BCUT2D eigenvalue weighted by atomic mass is 79.9. The Morgan fingerprint density at radius 2 is 1.74 bits per heavy atom. The average molecular weight is 512 g/mol. The van der Waals surface area contributed by atoms with Crippen molar-refractivity contribution in [1.29, 1.82) is 0 Å². The van der Waals surface area contributed by atoms with E-state index in [2.05, 4.69) is 37.2 Å². The second kappa shape index (κ2) is 7.79. The van der Waals surface area contributed by atoms with E-state index in [9.17, 15) is 14.7 Å². The minimum atomic E-state index is -0.588. The Kier molecular flexibility index (Phi) is 5.64. The summed E-state index contributed by atoms with van der Waals surface area (Å²) in [6.07, 6.45) is 1.44. The first-order valence-electron chi connectivity index (χ1n) is 7.55. The topological polar surface area (TPSA) is 78.9 Å². The van der Waals surface area contributed by atoms with Crippen molar-refractivity contribution in [3.63, 3.8) is 0 Å². The predicted octanol–water partition coefficient (Wildman–Crippen LogP) is 3.76. The monoisotopic (exact) mass is 510 g/mol. The number of rotatable bonds is 3. The number of aromatic hydroxyl groups is 1. The summed E-state index contributed by atoms with van der Waals surface area (Å²) in [7, 11) is 1.54. The Balaban J connectivity index is 2.01. The van der Waals surface area contributed by atoms with E-state index in [4.69, 9.17) is 17.0 Å². The van der Waals surface area contributed by atoms with Crippen LogP contribution in [-0.4, -0.2) is 29.1 Å². The molecule has 1 heterocycles. The molecule has 0 spiro atoms. The molecule has 1 fully saturated rings. The summed E-state index contributed by atoms with van der Waals surface area (Å²) in [5.41, 5.74) is 0.973. The van der Waals surface area contributed by atoms with Crippen LogP contribution >= 0.6 is 44.1 Å². The smallest absolute Gasteiger partial charge is 0.270 e. The highest BCUT2D eigenvalue weighted by molar-refractivity contribution is 9.11. The van der Waals surface area contributed by atoms with Crippen LogP contribution in [0.25, 0.3) is 6.08 Å². The van der Waals surface area contributed by atoms with Gasteiger partial charge in [-0.25, -0.2) is 0 Å². The molecule has 2 aromatic rings. The maximum Gasteiger partial charge on any atom is 0.270 e. The quantitative estimate of drug-likeness (QED) is 0.372. The Bertz CT molecular complexity index is 966. The molecular formula is C18H12Br2N2O4S. The van der Waals surface area contributed by atoms with Crippen molar-refractivity contribution in [2.45, 2.75) is 0 Å². The van der Waals surface area contributed by atoms with Crippen LogP contribution in [0.4, 0.5) is 5.69 Å². The molecule has 0 saturated carbocycles. The fraction of sp³-hybridized carbons (Fsp3) is 0.0556. The maximum absolute atomic E-state index is 12.9. The molecule has 27 heavy (non-hydrogen) atoms. The zero-order chi connectivity index (χ0) is 19.7. The minimum absolute atomic E-state index is 0.000356. The van der Waals surface area contributed by atoms with E-state index in [0.717, 1.165) is 0 Å². The number of carbonyl (C=O) groups is 2. The van der Waals surface area contributed by atoms with Crippen molar-refractivity contribution in [3.8, 4) is 11.5 Å². The number of ether oxygens (including phenoxy) is 1. The molecule has 2 aromatic carbocycles. The fourth-order valence-electron chi connectivity index (χ4n) is 2.46. The summed E-state index contributed by atoms with van der Waals surface area (Å²) in [5.74, 6) is -0.477. The molecule has 0 unspecified atom stereocenters. The number of hydrogen-bond acceptors (Lipinski definition) is 5. The van der Waals surface area contributed by atoms with Gasteiger partial charge in [0.2, 0.25) is 0 Å². The molecule has 2 amide bonds. The molecule has 0 atom stereocenters. The first kappa shape index (κ1) is 19.5. The number of nitrogens with one attached hydrogen (secondary N) is 1. The zero-order valence-corrected chi connectivity index (χ0v) is 17.8. The van der Waals surface area contributed by atoms with Gasteiger partial charge in [-0.2, -0.15) is 0 Å². The van der Waals surface area contributed by atoms with Crippen LogP contribution in [0, 0.1) is 0 Å². The molecule has 0 aromatic heterocycles. The molecule has 0 bridgehead atoms. The lowest BCUT2D eigenvalue weighted by Crippen LogP contribution is -2.54. The zero-order valence-electron chi connectivity index (χ0n) is 13.8. The third-order valence-electron chi connectivity index (χ3n) is 3.78. The molecule has 1 aliphatic rings. The lowest BCUT2D eigenvalue weighted by molar-refractivity contribution is -0.122. The molecule has 1 saturated heterocycles. The summed E-state index contributed by atoms with van der Waals surface area (Å²) >= 11 is 11.6. The number of phenolic OH excluding ortho intramolecular Hbond substituents is 1. The van der Waals surface area contributed by atoms with Gasteiger partial charge >= 0.3 is 0 Å². The largest absolute Gasteiger partial charge is 0.506 e. The molecule has 2 N–H and O–H groups in total. The van der Waals surface area contributed by atoms with E-state index in [1.807, 2.05) is 0 Å². The summed E-state index contributed by atoms with van der Waals surface area (Å²) in [4.78, 5) is 26.5. The average Bonchev–Trinajstić information content (AvgIpc) is 2.63. The van der Waals surface area contributed by atoms with Crippen molar-refractivity contribution < 1.29 is 19.4 Å². The first-order valence-corrected chi connectivity index (χ1v) is 9.54. The van der Waals surface area contributed by atoms with E-state index in [-0.39, 0.29) is 16.4 Å². The number of halogens is 2. The summed E-state index contributed by atoms with van der Waals surface area (Å²) in [6, 6.07) is 9.92. The lowest BCUT2D eigenvalue weighted by atomic mass is 10.1. The van der Waals surface area contributed by atoms with Crippen LogP contribution < -0.4 is 15.0 Å². The van der Waals surface area contributed by atoms with Crippen LogP contribution in [0.5, 0.6) is 11.5 Å². The van der Waals surface area contributed by atoms with Gasteiger partial charge in [-0.1, -0.05) is 0 Å². The van der Waals surface area contributed by atoms with Crippen LogP contribution in [-0.2, 0) is 9.59 Å². The molecular weight excluding hydrogens is 500 g/mol. The molecule has 0 aliphatic carbocycles. The normalized spacial score (nSPS) is 15.9. The molecule has 138 valence electrons. The van der Waals surface area contributed by atoms with Gasteiger partial charge in [0.15, 0.2) is 5.11 Å². The highest BCUT2D eigenvalue weighted by Crippen LogP contribution is 2.34. The van der Waals surface area contributed by atoms with E-state index < -0.39 is 11.8 Å². The third kappa shape index (κ3) is 3.90. The van der Waals surface area contributed by atoms with Gasteiger partial charge in [0.05, 0.1) is 21.7 Å². The number of amides is 2. The molecule has 1 aliphatic heterocycles. The Hall–Kier alpha value is -2.23. The maximum atomic E-state index is 12.9. The Morgan fingerprint density at radius 3 is 2.30 bits per heavy atom. The molecule has 0 radical (unpaired) electrons. The predicted molar refractivity (Wildman–Crippen MR) is 113 cm³/mol. The van der Waals surface area contributed by atoms with E-state index in [1.165, 1.54) is 11.0 Å². The number of carbonyl (C=O) groups excluding carboxylic acids is 2. The van der Waals surface area contributed by atoms with Crippen LogP contribution in [0.2, 0.25) is 0 Å². The molecule has 9 heteroatoms. The van der Waals surface area contributed by atoms with Crippen molar-refractivity contribution in [3.05, 3.63) is 56.5 Å². The van der Waals surface area contributed by atoms with Crippen molar-refractivity contribution in [1.82, 2.24) is 5.32 Å². The molecule has 3 rings (SSSR count). The van der Waals surface area contributed by atoms with Crippen LogP contribution in [0.15, 0.2) is 50.9 Å². The number of thiocarbonyl (C=S) groups is 1. The van der Waals surface area contributed by atoms with Gasteiger partial charge < -0.3 is 9.84 Å². The number of anilines is 1. The SMILES string of the molecule is COc1ccc(N2C(=O)/C(=C\c3cc(Br)c(O)c(Br)c3)C(=O)NC2=S)cc1. The molecule has 6 nitrogen and oxygen atoms in total. The fourth-order valence-corrected chi connectivity index (χ4v) is 3.96. The number of benzene rings is 2. The van der Waals surface area contributed by atoms with Gasteiger partial charge in [-0.05, 0) is 92.1 Å². The van der Waals surface area contributed by atoms with Crippen LogP contribution in [0.1, 0.15) is 5.56 Å². The second-order valence-electron chi connectivity index (χ2n) is 5.49. The van der Waals surface area contributed by atoms with E-state index >= 15 is 0 Å². The van der Waals surface area contributed by atoms with Crippen molar-refractivity contribution in [2.24, 2.45) is 0 Å². The standard InChI is InChI=1S/C18H12Br2N2O4S/c1-26-11-4-2-10(3-5-11)22-17(25)12(16(24)21-18(22)27)6-9-7-13(19)15(23)14(20)8-9/h2-8,23H,1H3,(H,21,24,27)/b12-6-. The summed E-state index contributed by atoms with van der Waals surface area (Å²) < 4.78 is 5.96. The van der Waals surface area contributed by atoms with Gasteiger partial charge in [0.1, 0.15) is 17.1 Å². The van der Waals surface area contributed by atoms with Gasteiger partial charge in [0.25, 0.3) is 11.8 Å². The third-order valence-corrected chi connectivity index (χ3v) is 5.28. The van der Waals surface area contributed by atoms with Gasteiger partial charge in [0, 0.05) is 0 Å². The Morgan fingerprint density at radius 1 is 1.15 bits per heavy atom.